The van der Waals surface area contributed by atoms with Gasteiger partial charge in [0, 0.05) is 6.42 Å². The van der Waals surface area contributed by atoms with E-state index in [-0.39, 0.29) is 22.4 Å². The van der Waals surface area contributed by atoms with Gasteiger partial charge in [-0.25, -0.2) is 16.8 Å². The number of sulfone groups is 1. The Morgan fingerprint density at radius 2 is 1.92 bits per heavy atom. The predicted octanol–water partition coefficient (Wildman–Crippen LogP) is -0.920. The van der Waals surface area contributed by atoms with E-state index in [1.54, 1.807) is 12.1 Å². The zero-order chi connectivity index (χ0) is 18.2. The van der Waals surface area contributed by atoms with Crippen molar-refractivity contribution in [1.29, 1.82) is 0 Å². The van der Waals surface area contributed by atoms with Crippen LogP contribution < -0.4 is 9.64 Å². The molecule has 7 nitrogen and oxygen atoms in total. The number of benzene rings is 1. The zero-order valence-electron chi connectivity index (χ0n) is 14.6. The molecule has 2 saturated heterocycles. The van der Waals surface area contributed by atoms with E-state index >= 15 is 0 Å². The molecule has 0 saturated carbocycles. The van der Waals surface area contributed by atoms with Gasteiger partial charge in [-0.2, -0.15) is 4.31 Å². The Morgan fingerprint density at radius 1 is 1.24 bits per heavy atom. The molecular formula is C16H25N2O5S2+. The molecule has 2 aliphatic rings. The number of ether oxygens (including phenoxy) is 1. The van der Waals surface area contributed by atoms with E-state index in [4.69, 9.17) is 4.74 Å². The average Bonchev–Trinajstić information content (AvgIpc) is 2.95. The summed E-state index contributed by atoms with van der Waals surface area (Å²) in [7, 11) is -5.07. The Bertz CT molecular complexity index is 843. The minimum atomic E-state index is -3.62. The lowest BCUT2D eigenvalue weighted by Gasteiger charge is -2.34. The fourth-order valence-electron chi connectivity index (χ4n) is 3.66. The molecule has 1 N–H and O–H groups in total. The monoisotopic (exact) mass is 389 g/mol. The zero-order valence-corrected chi connectivity index (χ0v) is 16.2. The topological polar surface area (TPSA) is 85.2 Å². The smallest absolute Gasteiger partial charge is 0.247 e. The lowest BCUT2D eigenvalue weighted by Crippen LogP contribution is -3.18. The van der Waals surface area contributed by atoms with Crippen molar-refractivity contribution in [2.45, 2.75) is 24.3 Å². The van der Waals surface area contributed by atoms with Crippen LogP contribution in [0.4, 0.5) is 0 Å². The highest BCUT2D eigenvalue weighted by molar-refractivity contribution is 7.91. The summed E-state index contributed by atoms with van der Waals surface area (Å²) in [4.78, 5) is 1.39. The highest BCUT2D eigenvalue weighted by Crippen LogP contribution is 2.27. The molecule has 0 unspecified atom stereocenters. The second kappa shape index (κ2) is 6.86. The van der Waals surface area contributed by atoms with Gasteiger partial charge in [0.1, 0.15) is 22.4 Å². The van der Waals surface area contributed by atoms with Crippen LogP contribution in [0.3, 0.4) is 0 Å². The molecule has 1 aromatic rings. The molecule has 2 heterocycles. The molecule has 2 fully saturated rings. The van der Waals surface area contributed by atoms with Crippen molar-refractivity contribution < 1.29 is 26.5 Å². The summed E-state index contributed by atoms with van der Waals surface area (Å²) in [6.45, 7) is 3.90. The standard InChI is InChI=1S/C16H24N2O5S2/c1-13-3-4-15(23-2)16(11-13)25(21,22)18-8-6-17(7-9-18)14-5-10-24(19,20)12-14/h3-4,11,14H,5-10,12H2,1-2H3/p+1/t14-/m0/s1. The number of quaternary nitrogens is 1. The molecule has 0 aliphatic carbocycles. The minimum absolute atomic E-state index is 0.100. The number of piperazine rings is 1. The minimum Gasteiger partial charge on any atom is -0.495 e. The average molecular weight is 390 g/mol. The number of hydrogen-bond acceptors (Lipinski definition) is 5. The molecule has 140 valence electrons. The second-order valence-electron chi connectivity index (χ2n) is 6.82. The Labute approximate surface area is 149 Å². The van der Waals surface area contributed by atoms with Crippen molar-refractivity contribution in [3.63, 3.8) is 0 Å². The van der Waals surface area contributed by atoms with Crippen molar-refractivity contribution in [2.24, 2.45) is 0 Å². The summed E-state index contributed by atoms with van der Waals surface area (Å²) in [5.41, 5.74) is 0.861. The van der Waals surface area contributed by atoms with Gasteiger partial charge >= 0.3 is 0 Å². The van der Waals surface area contributed by atoms with Crippen molar-refractivity contribution in [1.82, 2.24) is 4.31 Å². The first-order valence-corrected chi connectivity index (χ1v) is 11.7. The second-order valence-corrected chi connectivity index (χ2v) is 11.0. The third-order valence-corrected chi connectivity index (χ3v) is 8.80. The summed E-state index contributed by atoms with van der Waals surface area (Å²) in [5, 5.41) is 0. The largest absolute Gasteiger partial charge is 0.495 e. The molecule has 0 amide bonds. The van der Waals surface area contributed by atoms with Gasteiger partial charge in [0.15, 0.2) is 9.84 Å². The molecule has 0 aromatic heterocycles. The van der Waals surface area contributed by atoms with Crippen LogP contribution in [0, 0.1) is 6.92 Å². The number of aryl methyl sites for hydroxylation is 1. The molecule has 0 bridgehead atoms. The maximum absolute atomic E-state index is 13.0. The number of nitrogens with zero attached hydrogens (tertiary/aromatic N) is 1. The summed E-state index contributed by atoms with van der Waals surface area (Å²) >= 11 is 0. The van der Waals surface area contributed by atoms with Crippen molar-refractivity contribution >= 4 is 19.9 Å². The Kier molecular flexibility index (Phi) is 5.11. The van der Waals surface area contributed by atoms with Crippen LogP contribution in [0.5, 0.6) is 5.75 Å². The van der Waals surface area contributed by atoms with E-state index in [9.17, 15) is 16.8 Å². The van der Waals surface area contributed by atoms with Crippen LogP contribution in [0.25, 0.3) is 0 Å². The normalized spacial score (nSPS) is 25.1. The van der Waals surface area contributed by atoms with E-state index in [0.29, 0.717) is 38.3 Å². The van der Waals surface area contributed by atoms with Crippen LogP contribution in [-0.4, -0.2) is 72.0 Å². The molecular weight excluding hydrogens is 364 g/mol. The van der Waals surface area contributed by atoms with Crippen LogP contribution >= 0.6 is 0 Å². The molecule has 25 heavy (non-hydrogen) atoms. The number of nitrogens with one attached hydrogen (secondary N) is 1. The van der Waals surface area contributed by atoms with Crippen LogP contribution in [-0.2, 0) is 19.9 Å². The number of rotatable bonds is 4. The first-order valence-electron chi connectivity index (χ1n) is 8.43. The van der Waals surface area contributed by atoms with Gasteiger partial charge in [0.05, 0.1) is 39.0 Å². The molecule has 9 heteroatoms. The van der Waals surface area contributed by atoms with Crippen LogP contribution in [0.15, 0.2) is 23.1 Å². The Balaban J connectivity index is 1.73. The fraction of sp³-hybridized carbons (Fsp3) is 0.625. The maximum atomic E-state index is 13.0. The lowest BCUT2D eigenvalue weighted by molar-refractivity contribution is -0.925. The SMILES string of the molecule is COc1ccc(C)cc1S(=O)(=O)N1CC[NH+]([C@H]2CCS(=O)(=O)C2)CC1. The van der Waals surface area contributed by atoms with Gasteiger partial charge in [0.2, 0.25) is 10.0 Å². The Morgan fingerprint density at radius 3 is 2.48 bits per heavy atom. The highest BCUT2D eigenvalue weighted by Gasteiger charge is 2.39. The Hall–Kier alpha value is -1.16. The van der Waals surface area contributed by atoms with Crippen molar-refractivity contribution in [3.05, 3.63) is 23.8 Å². The lowest BCUT2D eigenvalue weighted by atomic mass is 10.2. The first kappa shape index (κ1) is 18.6. The van der Waals surface area contributed by atoms with E-state index in [2.05, 4.69) is 0 Å². The van der Waals surface area contributed by atoms with E-state index < -0.39 is 19.9 Å². The fourth-order valence-corrected chi connectivity index (χ4v) is 7.17. The quantitative estimate of drug-likeness (QED) is 0.720. The molecule has 2 aliphatic heterocycles. The highest BCUT2D eigenvalue weighted by atomic mass is 32.2. The van der Waals surface area contributed by atoms with E-state index in [1.165, 1.54) is 16.3 Å². The maximum Gasteiger partial charge on any atom is 0.247 e. The van der Waals surface area contributed by atoms with Gasteiger partial charge in [-0.1, -0.05) is 6.07 Å². The molecule has 0 radical (unpaired) electrons. The third-order valence-electron chi connectivity index (χ3n) is 5.11. The van der Waals surface area contributed by atoms with Gasteiger partial charge in [0.25, 0.3) is 0 Å². The predicted molar refractivity (Wildman–Crippen MR) is 94.2 cm³/mol. The van der Waals surface area contributed by atoms with Crippen molar-refractivity contribution in [2.75, 3.05) is 44.8 Å². The van der Waals surface area contributed by atoms with Crippen LogP contribution in [0.2, 0.25) is 0 Å². The van der Waals surface area contributed by atoms with Gasteiger partial charge in [-0.05, 0) is 24.6 Å². The summed E-state index contributed by atoms with van der Waals surface area (Å²) in [6.07, 6.45) is 0.677. The molecule has 0 spiro atoms. The summed E-state index contributed by atoms with van der Waals surface area (Å²) in [6, 6.07) is 5.23. The van der Waals surface area contributed by atoms with Gasteiger partial charge < -0.3 is 9.64 Å². The summed E-state index contributed by atoms with van der Waals surface area (Å²) < 4.78 is 56.0. The van der Waals surface area contributed by atoms with Gasteiger partial charge in [-0.15, -0.1) is 0 Å². The van der Waals surface area contributed by atoms with Gasteiger partial charge in [-0.3, -0.25) is 0 Å². The van der Waals surface area contributed by atoms with Crippen molar-refractivity contribution in [3.8, 4) is 5.75 Å². The molecule has 1 atom stereocenters. The van der Waals surface area contributed by atoms with E-state index in [1.807, 2.05) is 13.0 Å². The molecule has 3 rings (SSSR count). The first-order chi connectivity index (χ1) is 11.7. The molecule has 1 aromatic carbocycles. The third kappa shape index (κ3) is 3.84. The number of hydrogen-bond donors (Lipinski definition) is 1. The van der Waals surface area contributed by atoms with E-state index in [0.717, 1.165) is 5.56 Å². The number of methoxy groups -OCH3 is 1. The number of sulfonamides is 1. The summed E-state index contributed by atoms with van der Waals surface area (Å²) in [5.74, 6) is 0.826. The van der Waals surface area contributed by atoms with Crippen LogP contribution in [0.1, 0.15) is 12.0 Å².